The zero-order valence-electron chi connectivity index (χ0n) is 10.7. The number of hydrogen-bond acceptors (Lipinski definition) is 3. The number of ketones is 1. The molecule has 0 aliphatic carbocycles. The number of esters is 1. The Hall–Kier alpha value is -2.10. The van der Waals surface area contributed by atoms with E-state index in [1.54, 1.807) is 0 Å². The standard InChI is InChI=1S/C14H15NO3/c1-8-4-5-12-11(6-8)10(3)13(15-12)14(17)18-7-9(2)16/h4-6,15H,7H2,1-3H3. The van der Waals surface area contributed by atoms with Crippen molar-refractivity contribution in [3.63, 3.8) is 0 Å². The fraction of sp³-hybridized carbons (Fsp3) is 0.286. The molecule has 4 heteroatoms. The van der Waals surface area contributed by atoms with Crippen LogP contribution in [0, 0.1) is 13.8 Å². The van der Waals surface area contributed by atoms with Crippen LogP contribution in [0.1, 0.15) is 28.5 Å². The summed E-state index contributed by atoms with van der Waals surface area (Å²) in [5.74, 6) is -0.662. The number of aromatic amines is 1. The molecule has 0 saturated carbocycles. The summed E-state index contributed by atoms with van der Waals surface area (Å²) in [6.07, 6.45) is 0. The molecule has 1 aromatic carbocycles. The minimum Gasteiger partial charge on any atom is -0.453 e. The second kappa shape index (κ2) is 4.64. The molecule has 0 bridgehead atoms. The fourth-order valence-electron chi connectivity index (χ4n) is 1.88. The number of aryl methyl sites for hydroxylation is 2. The molecule has 0 atom stereocenters. The molecule has 4 nitrogen and oxygen atoms in total. The Morgan fingerprint density at radius 2 is 2.00 bits per heavy atom. The highest BCUT2D eigenvalue weighted by Crippen LogP contribution is 2.23. The second-order valence-electron chi connectivity index (χ2n) is 4.45. The van der Waals surface area contributed by atoms with E-state index >= 15 is 0 Å². The number of hydrogen-bond donors (Lipinski definition) is 1. The Kier molecular flexibility index (Phi) is 3.19. The summed E-state index contributed by atoms with van der Waals surface area (Å²) in [7, 11) is 0. The lowest BCUT2D eigenvalue weighted by Gasteiger charge is -2.01. The van der Waals surface area contributed by atoms with E-state index in [1.807, 2.05) is 32.0 Å². The molecule has 0 unspecified atom stereocenters. The number of benzene rings is 1. The Bertz CT molecular complexity index is 625. The molecule has 2 aromatic rings. The van der Waals surface area contributed by atoms with Gasteiger partial charge in [-0.15, -0.1) is 0 Å². The lowest BCUT2D eigenvalue weighted by atomic mass is 10.1. The van der Waals surface area contributed by atoms with Crippen molar-refractivity contribution >= 4 is 22.7 Å². The molecular weight excluding hydrogens is 230 g/mol. The molecule has 1 aromatic heterocycles. The van der Waals surface area contributed by atoms with Gasteiger partial charge in [0.2, 0.25) is 0 Å². The van der Waals surface area contributed by atoms with Gasteiger partial charge in [0.1, 0.15) is 12.3 Å². The molecule has 1 N–H and O–H groups in total. The number of aromatic nitrogens is 1. The smallest absolute Gasteiger partial charge is 0.355 e. The maximum atomic E-state index is 11.8. The Balaban J connectivity index is 2.36. The Morgan fingerprint density at radius 1 is 1.28 bits per heavy atom. The van der Waals surface area contributed by atoms with E-state index in [1.165, 1.54) is 6.92 Å². The van der Waals surface area contributed by atoms with E-state index < -0.39 is 5.97 Å². The third kappa shape index (κ3) is 2.27. The largest absolute Gasteiger partial charge is 0.453 e. The zero-order valence-corrected chi connectivity index (χ0v) is 10.7. The van der Waals surface area contributed by atoms with Crippen molar-refractivity contribution in [3.05, 3.63) is 35.0 Å². The number of Topliss-reactive ketones (excluding diaryl/α,β-unsaturated/α-hetero) is 1. The Morgan fingerprint density at radius 3 is 2.67 bits per heavy atom. The first-order valence-electron chi connectivity index (χ1n) is 5.74. The molecule has 0 radical (unpaired) electrons. The van der Waals surface area contributed by atoms with Crippen molar-refractivity contribution in [2.75, 3.05) is 6.61 Å². The van der Waals surface area contributed by atoms with Crippen molar-refractivity contribution in [1.82, 2.24) is 4.98 Å². The van der Waals surface area contributed by atoms with Crippen LogP contribution in [0.15, 0.2) is 18.2 Å². The normalized spacial score (nSPS) is 10.6. The quantitative estimate of drug-likeness (QED) is 0.845. The van der Waals surface area contributed by atoms with Crippen molar-refractivity contribution in [1.29, 1.82) is 0 Å². The highest BCUT2D eigenvalue weighted by atomic mass is 16.5. The van der Waals surface area contributed by atoms with Gasteiger partial charge in [-0.2, -0.15) is 0 Å². The predicted octanol–water partition coefficient (Wildman–Crippen LogP) is 2.53. The third-order valence-electron chi connectivity index (χ3n) is 2.82. The van der Waals surface area contributed by atoms with Crippen LogP contribution in [-0.4, -0.2) is 23.3 Å². The lowest BCUT2D eigenvalue weighted by Crippen LogP contribution is -2.12. The average molecular weight is 245 g/mol. The lowest BCUT2D eigenvalue weighted by molar-refractivity contribution is -0.120. The third-order valence-corrected chi connectivity index (χ3v) is 2.82. The van der Waals surface area contributed by atoms with Crippen LogP contribution in [0.3, 0.4) is 0 Å². The molecular formula is C14H15NO3. The molecule has 2 rings (SSSR count). The second-order valence-corrected chi connectivity index (χ2v) is 4.45. The number of nitrogens with one attached hydrogen (secondary N) is 1. The van der Waals surface area contributed by atoms with Gasteiger partial charge in [0.15, 0.2) is 5.78 Å². The fourth-order valence-corrected chi connectivity index (χ4v) is 1.88. The van der Waals surface area contributed by atoms with E-state index in [0.717, 1.165) is 22.0 Å². The Labute approximate surface area is 105 Å². The van der Waals surface area contributed by atoms with Gasteiger partial charge < -0.3 is 9.72 Å². The van der Waals surface area contributed by atoms with Gasteiger partial charge in [0.25, 0.3) is 0 Å². The van der Waals surface area contributed by atoms with Gasteiger partial charge in [-0.3, -0.25) is 4.79 Å². The summed E-state index contributed by atoms with van der Waals surface area (Å²) in [4.78, 5) is 25.6. The molecule has 0 amide bonds. The van der Waals surface area contributed by atoms with Crippen molar-refractivity contribution in [3.8, 4) is 0 Å². The van der Waals surface area contributed by atoms with Gasteiger partial charge >= 0.3 is 5.97 Å². The first-order chi connectivity index (χ1) is 8.49. The highest BCUT2D eigenvalue weighted by molar-refractivity contribution is 5.98. The summed E-state index contributed by atoms with van der Waals surface area (Å²) >= 11 is 0. The molecule has 0 aliphatic rings. The summed E-state index contributed by atoms with van der Waals surface area (Å²) in [6, 6.07) is 5.92. The van der Waals surface area contributed by atoms with E-state index in [4.69, 9.17) is 4.74 Å². The van der Waals surface area contributed by atoms with E-state index in [9.17, 15) is 9.59 Å². The van der Waals surface area contributed by atoms with Crippen LogP contribution in [-0.2, 0) is 9.53 Å². The number of ether oxygens (including phenoxy) is 1. The van der Waals surface area contributed by atoms with Crippen molar-refractivity contribution in [2.24, 2.45) is 0 Å². The summed E-state index contributed by atoms with van der Waals surface area (Å²) in [5.41, 5.74) is 3.29. The number of fused-ring (bicyclic) bond motifs is 1. The van der Waals surface area contributed by atoms with Gasteiger partial charge in [0, 0.05) is 10.9 Å². The summed E-state index contributed by atoms with van der Waals surface area (Å²) in [6.45, 7) is 5.06. The van der Waals surface area contributed by atoms with E-state index in [-0.39, 0.29) is 12.4 Å². The molecule has 0 fully saturated rings. The monoisotopic (exact) mass is 245 g/mol. The molecule has 0 saturated heterocycles. The molecule has 18 heavy (non-hydrogen) atoms. The molecule has 0 spiro atoms. The zero-order chi connectivity index (χ0) is 13.3. The van der Waals surface area contributed by atoms with Crippen molar-refractivity contribution < 1.29 is 14.3 Å². The minimum absolute atomic E-state index is 0.173. The van der Waals surface area contributed by atoms with Crippen LogP contribution in [0.5, 0.6) is 0 Å². The summed E-state index contributed by atoms with van der Waals surface area (Å²) < 4.78 is 4.91. The van der Waals surface area contributed by atoms with E-state index in [0.29, 0.717) is 5.69 Å². The summed E-state index contributed by atoms with van der Waals surface area (Å²) in [5, 5.41) is 1.00. The van der Waals surface area contributed by atoms with Crippen LogP contribution in [0.25, 0.3) is 10.9 Å². The number of rotatable bonds is 3. The SMILES string of the molecule is CC(=O)COC(=O)c1[nH]c2ccc(C)cc2c1C. The van der Waals surface area contributed by atoms with Gasteiger partial charge in [-0.25, -0.2) is 4.79 Å². The van der Waals surface area contributed by atoms with Gasteiger partial charge in [-0.05, 0) is 38.5 Å². The van der Waals surface area contributed by atoms with Crippen LogP contribution < -0.4 is 0 Å². The first kappa shape index (κ1) is 12.4. The number of carbonyl (C=O) groups excluding carboxylic acids is 2. The minimum atomic E-state index is -0.489. The maximum Gasteiger partial charge on any atom is 0.355 e. The molecule has 1 heterocycles. The number of carbonyl (C=O) groups is 2. The molecule has 94 valence electrons. The van der Waals surface area contributed by atoms with Crippen molar-refractivity contribution in [2.45, 2.75) is 20.8 Å². The van der Waals surface area contributed by atoms with Gasteiger partial charge in [0.05, 0.1) is 0 Å². The topological polar surface area (TPSA) is 59.2 Å². The maximum absolute atomic E-state index is 11.8. The first-order valence-corrected chi connectivity index (χ1v) is 5.74. The van der Waals surface area contributed by atoms with Crippen LogP contribution in [0.4, 0.5) is 0 Å². The van der Waals surface area contributed by atoms with Gasteiger partial charge in [-0.1, -0.05) is 11.6 Å². The van der Waals surface area contributed by atoms with Crippen LogP contribution in [0.2, 0.25) is 0 Å². The average Bonchev–Trinajstić information content (AvgIpc) is 2.64. The highest BCUT2D eigenvalue weighted by Gasteiger charge is 2.16. The van der Waals surface area contributed by atoms with Crippen LogP contribution >= 0.6 is 0 Å². The molecule has 0 aliphatic heterocycles. The van der Waals surface area contributed by atoms with E-state index in [2.05, 4.69) is 4.98 Å². The predicted molar refractivity (Wildman–Crippen MR) is 68.7 cm³/mol. The number of H-pyrrole nitrogens is 1.